The fourth-order valence-corrected chi connectivity index (χ4v) is 3.76. The van der Waals surface area contributed by atoms with Crippen molar-refractivity contribution in [3.8, 4) is 0 Å². The summed E-state index contributed by atoms with van der Waals surface area (Å²) in [6.45, 7) is 1.37. The van der Waals surface area contributed by atoms with Crippen LogP contribution in [0.4, 0.5) is 4.39 Å². The van der Waals surface area contributed by atoms with Crippen molar-refractivity contribution in [1.29, 1.82) is 0 Å². The molecule has 3 nitrogen and oxygen atoms in total. The third-order valence-electron chi connectivity index (χ3n) is 5.03. The van der Waals surface area contributed by atoms with Crippen molar-refractivity contribution in [2.75, 3.05) is 13.6 Å². The van der Waals surface area contributed by atoms with Crippen LogP contribution < -0.4 is 0 Å². The number of amides is 1. The summed E-state index contributed by atoms with van der Waals surface area (Å²) >= 11 is 0. The number of aromatic nitrogens is 1. The first-order valence-electron chi connectivity index (χ1n) is 8.75. The molecule has 4 heteroatoms. The van der Waals surface area contributed by atoms with Gasteiger partial charge in [-0.15, -0.1) is 0 Å². The largest absolute Gasteiger partial charge is 0.340 e. The third-order valence-corrected chi connectivity index (χ3v) is 5.03. The van der Waals surface area contributed by atoms with Gasteiger partial charge < -0.3 is 9.47 Å². The van der Waals surface area contributed by atoms with E-state index >= 15 is 0 Å². The molecule has 25 heavy (non-hydrogen) atoms. The van der Waals surface area contributed by atoms with Gasteiger partial charge in [0.1, 0.15) is 11.5 Å². The number of benzene rings is 2. The molecule has 0 bridgehead atoms. The fraction of sp³-hybridized carbons (Fsp3) is 0.286. The van der Waals surface area contributed by atoms with E-state index in [4.69, 9.17) is 0 Å². The second-order valence-electron chi connectivity index (χ2n) is 6.74. The molecule has 0 saturated heterocycles. The Balaban J connectivity index is 1.96. The Hall–Kier alpha value is -2.62. The lowest BCUT2D eigenvalue weighted by molar-refractivity contribution is 0.0777. The summed E-state index contributed by atoms with van der Waals surface area (Å²) in [4.78, 5) is 14.9. The Morgan fingerprint density at radius 1 is 1.08 bits per heavy atom. The summed E-state index contributed by atoms with van der Waals surface area (Å²) in [5.74, 6) is -0.225. The molecule has 1 amide bonds. The van der Waals surface area contributed by atoms with Gasteiger partial charge in [0.05, 0.1) is 0 Å². The molecule has 2 heterocycles. The van der Waals surface area contributed by atoms with Gasteiger partial charge in [-0.05, 0) is 48.6 Å². The van der Waals surface area contributed by atoms with Crippen LogP contribution in [0.5, 0.6) is 0 Å². The maximum absolute atomic E-state index is 13.9. The molecule has 3 aromatic rings. The predicted molar refractivity (Wildman–Crippen MR) is 97.3 cm³/mol. The predicted octanol–water partition coefficient (Wildman–Crippen LogP) is 4.24. The van der Waals surface area contributed by atoms with E-state index < -0.39 is 0 Å². The molecule has 1 aliphatic heterocycles. The number of carbonyl (C=O) groups excluding carboxylic acids is 1. The minimum atomic E-state index is -0.255. The van der Waals surface area contributed by atoms with E-state index in [1.165, 1.54) is 6.07 Å². The summed E-state index contributed by atoms with van der Waals surface area (Å²) in [7, 11) is 1.85. The van der Waals surface area contributed by atoms with E-state index in [0.29, 0.717) is 12.2 Å². The van der Waals surface area contributed by atoms with E-state index in [2.05, 4.69) is 16.7 Å². The maximum Gasteiger partial charge on any atom is 0.270 e. The average Bonchev–Trinajstić information content (AvgIpc) is 2.90. The van der Waals surface area contributed by atoms with Crippen molar-refractivity contribution in [2.45, 2.75) is 25.8 Å². The molecule has 0 N–H and O–H groups in total. The highest BCUT2D eigenvalue weighted by molar-refractivity contribution is 6.02. The molecule has 2 aromatic carbocycles. The van der Waals surface area contributed by atoms with Gasteiger partial charge in [0.25, 0.3) is 5.91 Å². The molecular formula is C21H21FN2O. The molecule has 0 unspecified atom stereocenters. The SMILES string of the molecule is CN1CCCCc2c(n(Cc3ccccc3)c3ccc(F)cc23)C1=O. The lowest BCUT2D eigenvalue weighted by atomic mass is 10.0. The van der Waals surface area contributed by atoms with Crippen LogP contribution in [0.25, 0.3) is 10.9 Å². The normalized spacial score (nSPS) is 15.1. The summed E-state index contributed by atoms with van der Waals surface area (Å²) in [5.41, 5.74) is 3.76. The minimum absolute atomic E-state index is 0.0299. The maximum atomic E-state index is 13.9. The summed E-state index contributed by atoms with van der Waals surface area (Å²) in [6, 6.07) is 14.9. The Labute approximate surface area is 146 Å². The molecular weight excluding hydrogens is 315 g/mol. The van der Waals surface area contributed by atoms with Crippen LogP contribution in [0.2, 0.25) is 0 Å². The van der Waals surface area contributed by atoms with Gasteiger partial charge in [-0.2, -0.15) is 0 Å². The quantitative estimate of drug-likeness (QED) is 0.687. The number of carbonyl (C=O) groups is 1. The van der Waals surface area contributed by atoms with E-state index in [9.17, 15) is 9.18 Å². The smallest absolute Gasteiger partial charge is 0.270 e. The van der Waals surface area contributed by atoms with Crippen molar-refractivity contribution >= 4 is 16.8 Å². The average molecular weight is 336 g/mol. The third kappa shape index (κ3) is 2.82. The van der Waals surface area contributed by atoms with Crippen LogP contribution >= 0.6 is 0 Å². The number of fused-ring (bicyclic) bond motifs is 3. The van der Waals surface area contributed by atoms with E-state index in [1.54, 1.807) is 17.0 Å². The van der Waals surface area contributed by atoms with Crippen LogP contribution in [-0.4, -0.2) is 29.0 Å². The molecule has 4 rings (SSSR count). The van der Waals surface area contributed by atoms with E-state index in [0.717, 1.165) is 47.8 Å². The van der Waals surface area contributed by atoms with E-state index in [-0.39, 0.29) is 11.7 Å². The molecule has 0 saturated carbocycles. The summed E-state index contributed by atoms with van der Waals surface area (Å²) in [5, 5.41) is 0.870. The standard InChI is InChI=1S/C21H21FN2O/c1-23-12-6-5-9-17-18-13-16(22)10-11-19(18)24(20(17)21(23)25)14-15-7-3-2-4-8-15/h2-4,7-8,10-11,13H,5-6,9,12,14H2,1H3. The second-order valence-corrected chi connectivity index (χ2v) is 6.74. The molecule has 0 aliphatic carbocycles. The molecule has 1 aromatic heterocycles. The Bertz CT molecular complexity index is 930. The van der Waals surface area contributed by atoms with Crippen molar-refractivity contribution < 1.29 is 9.18 Å². The number of nitrogens with zero attached hydrogens (tertiary/aromatic N) is 2. The number of hydrogen-bond donors (Lipinski definition) is 0. The van der Waals surface area contributed by atoms with Crippen molar-refractivity contribution in [3.63, 3.8) is 0 Å². The van der Waals surface area contributed by atoms with Crippen LogP contribution in [0, 0.1) is 5.82 Å². The van der Waals surface area contributed by atoms with Gasteiger partial charge in [0.2, 0.25) is 0 Å². The molecule has 0 radical (unpaired) electrons. The Kier molecular flexibility index (Phi) is 4.04. The van der Waals surface area contributed by atoms with Crippen molar-refractivity contribution in [1.82, 2.24) is 9.47 Å². The van der Waals surface area contributed by atoms with Crippen LogP contribution in [0.15, 0.2) is 48.5 Å². The van der Waals surface area contributed by atoms with Gasteiger partial charge in [-0.1, -0.05) is 30.3 Å². The summed E-state index contributed by atoms with van der Waals surface area (Å²) in [6.07, 6.45) is 2.80. The van der Waals surface area contributed by atoms with E-state index in [1.807, 2.05) is 25.2 Å². The first-order valence-corrected chi connectivity index (χ1v) is 8.75. The zero-order chi connectivity index (χ0) is 17.4. The minimum Gasteiger partial charge on any atom is -0.340 e. The van der Waals surface area contributed by atoms with Gasteiger partial charge in [-0.25, -0.2) is 4.39 Å². The Morgan fingerprint density at radius 2 is 1.88 bits per heavy atom. The molecule has 0 fully saturated rings. The van der Waals surface area contributed by atoms with Crippen LogP contribution in [0.3, 0.4) is 0 Å². The highest BCUT2D eigenvalue weighted by Gasteiger charge is 2.26. The van der Waals surface area contributed by atoms with Gasteiger partial charge >= 0.3 is 0 Å². The lowest BCUT2D eigenvalue weighted by Crippen LogP contribution is -2.32. The molecule has 0 atom stereocenters. The Morgan fingerprint density at radius 3 is 2.68 bits per heavy atom. The number of hydrogen-bond acceptors (Lipinski definition) is 1. The first-order chi connectivity index (χ1) is 12.1. The number of rotatable bonds is 2. The first kappa shape index (κ1) is 15.9. The molecule has 1 aliphatic rings. The lowest BCUT2D eigenvalue weighted by Gasteiger charge is -2.22. The zero-order valence-electron chi connectivity index (χ0n) is 14.3. The van der Waals surface area contributed by atoms with Gasteiger partial charge in [0, 0.05) is 31.0 Å². The van der Waals surface area contributed by atoms with Gasteiger partial charge in [-0.3, -0.25) is 4.79 Å². The van der Waals surface area contributed by atoms with Crippen molar-refractivity contribution in [2.24, 2.45) is 0 Å². The van der Waals surface area contributed by atoms with Gasteiger partial charge in [0.15, 0.2) is 0 Å². The topological polar surface area (TPSA) is 25.2 Å². The number of aryl methyl sites for hydroxylation is 1. The second kappa shape index (κ2) is 6.36. The molecule has 0 spiro atoms. The molecule has 128 valence electrons. The monoisotopic (exact) mass is 336 g/mol. The summed E-state index contributed by atoms with van der Waals surface area (Å²) < 4.78 is 16.0. The number of halogens is 1. The highest BCUT2D eigenvalue weighted by atomic mass is 19.1. The zero-order valence-corrected chi connectivity index (χ0v) is 14.3. The van der Waals surface area contributed by atoms with Crippen LogP contribution in [-0.2, 0) is 13.0 Å². The van der Waals surface area contributed by atoms with Crippen LogP contribution in [0.1, 0.15) is 34.5 Å². The van der Waals surface area contributed by atoms with Crippen molar-refractivity contribution in [3.05, 3.63) is 71.2 Å². The highest BCUT2D eigenvalue weighted by Crippen LogP contribution is 2.31. The fourth-order valence-electron chi connectivity index (χ4n) is 3.76.